The molecule has 1 aromatic rings. The first kappa shape index (κ1) is 15.8. The molecule has 1 rings (SSSR count). The Hall–Kier alpha value is -0.206. The van der Waals surface area contributed by atoms with Gasteiger partial charge in [-0.15, -0.1) is 0 Å². The molecule has 2 nitrogen and oxygen atoms in total. The first-order chi connectivity index (χ1) is 7.06. The number of carbonyl (C=O) groups is 1. The van der Waals surface area contributed by atoms with Gasteiger partial charge in [0, 0.05) is 44.3 Å². The smallest absolute Gasteiger partial charge is 0.227 e. The van der Waals surface area contributed by atoms with Crippen LogP contribution in [0, 0.1) is 19.8 Å². The fourth-order valence-electron chi connectivity index (χ4n) is 1.44. The van der Waals surface area contributed by atoms with Crippen LogP contribution in [0.1, 0.15) is 31.4 Å². The molecule has 1 atom stereocenters. The molecular weight excluding hydrogens is 275 g/mol. The minimum absolute atomic E-state index is 0. The summed E-state index contributed by atoms with van der Waals surface area (Å²) in [5, 5.41) is 2.99. The van der Waals surface area contributed by atoms with E-state index in [1.54, 1.807) is 0 Å². The van der Waals surface area contributed by atoms with Gasteiger partial charge in [-0.25, -0.2) is 0 Å². The van der Waals surface area contributed by atoms with Crippen molar-refractivity contribution >= 4 is 11.6 Å². The number of hydrogen-bond donors (Lipinski definition) is 1. The molecule has 0 aliphatic rings. The number of carbonyl (C=O) groups excluding carboxylic acids is 1. The summed E-state index contributed by atoms with van der Waals surface area (Å²) in [6.45, 7) is 8.00. The van der Waals surface area contributed by atoms with E-state index in [9.17, 15) is 4.79 Å². The van der Waals surface area contributed by atoms with Crippen LogP contribution in [-0.4, -0.2) is 5.91 Å². The largest absolute Gasteiger partial charge is 0.325 e. The van der Waals surface area contributed by atoms with E-state index in [0.717, 1.165) is 23.2 Å². The molecule has 1 amide bonds. The number of nitrogens with one attached hydrogen (secondary N) is 1. The van der Waals surface area contributed by atoms with Gasteiger partial charge in [-0.05, 0) is 31.4 Å². The first-order valence-electron chi connectivity index (χ1n) is 5.43. The second-order valence-corrected chi connectivity index (χ2v) is 4.07. The fraction of sp³-hybridized carbons (Fsp3) is 0.462. The topological polar surface area (TPSA) is 29.1 Å². The zero-order valence-electron chi connectivity index (χ0n) is 10.5. The Morgan fingerprint density at radius 3 is 2.25 bits per heavy atom. The molecule has 16 heavy (non-hydrogen) atoms. The molecule has 85 valence electrons. The van der Waals surface area contributed by atoms with Gasteiger partial charge in [0.15, 0.2) is 0 Å². The molecule has 0 aromatic heterocycles. The minimum atomic E-state index is 0. The SMILES string of the molecule is CCC(C)C(=O)Nc1c(C)cccc1C.[Y]. The average molecular weight is 294 g/mol. The summed E-state index contributed by atoms with van der Waals surface area (Å²) in [6, 6.07) is 6.03. The Kier molecular flexibility index (Phi) is 7.09. The van der Waals surface area contributed by atoms with Crippen molar-refractivity contribution in [2.24, 2.45) is 5.92 Å². The van der Waals surface area contributed by atoms with Gasteiger partial charge in [0.1, 0.15) is 0 Å². The van der Waals surface area contributed by atoms with Crippen LogP contribution < -0.4 is 5.32 Å². The van der Waals surface area contributed by atoms with Crippen LogP contribution in [-0.2, 0) is 37.5 Å². The van der Waals surface area contributed by atoms with Gasteiger partial charge in [0.25, 0.3) is 0 Å². The Bertz CT molecular complexity index is 343. The van der Waals surface area contributed by atoms with Gasteiger partial charge in [-0.3, -0.25) is 4.79 Å². The molecule has 0 fully saturated rings. The molecule has 0 aliphatic carbocycles. The van der Waals surface area contributed by atoms with E-state index >= 15 is 0 Å². The number of anilines is 1. The van der Waals surface area contributed by atoms with Gasteiger partial charge >= 0.3 is 0 Å². The molecule has 0 saturated carbocycles. The van der Waals surface area contributed by atoms with E-state index in [2.05, 4.69) is 5.32 Å². The fourth-order valence-corrected chi connectivity index (χ4v) is 1.44. The monoisotopic (exact) mass is 294 g/mol. The number of rotatable bonds is 3. The number of hydrogen-bond acceptors (Lipinski definition) is 1. The van der Waals surface area contributed by atoms with Crippen LogP contribution in [0.15, 0.2) is 18.2 Å². The molecule has 1 N–H and O–H groups in total. The van der Waals surface area contributed by atoms with Crippen LogP contribution in [0.4, 0.5) is 5.69 Å². The maximum Gasteiger partial charge on any atom is 0.227 e. The second-order valence-electron chi connectivity index (χ2n) is 4.07. The van der Waals surface area contributed by atoms with E-state index in [0.29, 0.717) is 0 Å². The van der Waals surface area contributed by atoms with Crippen molar-refractivity contribution in [3.8, 4) is 0 Å². The Morgan fingerprint density at radius 1 is 1.31 bits per heavy atom. The Labute approximate surface area is 123 Å². The van der Waals surface area contributed by atoms with Crippen molar-refractivity contribution in [1.82, 2.24) is 0 Å². The van der Waals surface area contributed by atoms with Crippen LogP contribution in [0.5, 0.6) is 0 Å². The molecule has 3 heteroatoms. The summed E-state index contributed by atoms with van der Waals surface area (Å²) in [5.74, 6) is 0.180. The van der Waals surface area contributed by atoms with Crippen molar-refractivity contribution in [2.45, 2.75) is 34.1 Å². The molecule has 1 radical (unpaired) electrons. The Morgan fingerprint density at radius 2 is 1.81 bits per heavy atom. The summed E-state index contributed by atoms with van der Waals surface area (Å²) in [7, 11) is 0. The maximum absolute atomic E-state index is 11.7. The third-order valence-corrected chi connectivity index (χ3v) is 2.79. The van der Waals surface area contributed by atoms with Crippen molar-refractivity contribution in [3.05, 3.63) is 29.3 Å². The summed E-state index contributed by atoms with van der Waals surface area (Å²) >= 11 is 0. The third-order valence-electron chi connectivity index (χ3n) is 2.79. The molecule has 0 saturated heterocycles. The van der Waals surface area contributed by atoms with Gasteiger partial charge in [0.05, 0.1) is 0 Å². The van der Waals surface area contributed by atoms with E-state index in [-0.39, 0.29) is 44.5 Å². The second kappa shape index (κ2) is 7.18. The molecule has 0 spiro atoms. The van der Waals surface area contributed by atoms with E-state index in [4.69, 9.17) is 0 Å². The first-order valence-corrected chi connectivity index (χ1v) is 5.43. The van der Waals surface area contributed by atoms with Crippen LogP contribution >= 0.6 is 0 Å². The van der Waals surface area contributed by atoms with Gasteiger partial charge in [-0.2, -0.15) is 0 Å². The minimum Gasteiger partial charge on any atom is -0.325 e. The van der Waals surface area contributed by atoms with E-state index < -0.39 is 0 Å². The molecular formula is C13H19NOY. The van der Waals surface area contributed by atoms with Crippen LogP contribution in [0.25, 0.3) is 0 Å². The number of amides is 1. The molecule has 0 bridgehead atoms. The zero-order valence-corrected chi connectivity index (χ0v) is 13.3. The summed E-state index contributed by atoms with van der Waals surface area (Å²) in [4.78, 5) is 11.7. The summed E-state index contributed by atoms with van der Waals surface area (Å²) in [6.07, 6.45) is 0.872. The predicted molar refractivity (Wildman–Crippen MR) is 64.0 cm³/mol. The zero-order chi connectivity index (χ0) is 11.4. The van der Waals surface area contributed by atoms with Crippen molar-refractivity contribution in [3.63, 3.8) is 0 Å². The van der Waals surface area contributed by atoms with Gasteiger partial charge in [0.2, 0.25) is 5.91 Å². The normalized spacial score (nSPS) is 11.5. The Balaban J connectivity index is 0.00000225. The third kappa shape index (κ3) is 3.99. The molecule has 0 aliphatic heterocycles. The van der Waals surface area contributed by atoms with Crippen molar-refractivity contribution in [2.75, 3.05) is 5.32 Å². The van der Waals surface area contributed by atoms with Crippen LogP contribution in [0.2, 0.25) is 0 Å². The summed E-state index contributed by atoms with van der Waals surface area (Å²) < 4.78 is 0. The quantitative estimate of drug-likeness (QED) is 0.910. The maximum atomic E-state index is 11.7. The van der Waals surface area contributed by atoms with Crippen molar-refractivity contribution < 1.29 is 37.5 Å². The van der Waals surface area contributed by atoms with Gasteiger partial charge in [-0.1, -0.05) is 32.0 Å². The molecule has 1 unspecified atom stereocenters. The number of para-hydroxylation sites is 1. The van der Waals surface area contributed by atoms with Crippen LogP contribution in [0.3, 0.4) is 0 Å². The van der Waals surface area contributed by atoms with E-state index in [1.807, 2.05) is 45.9 Å². The van der Waals surface area contributed by atoms with Crippen molar-refractivity contribution in [1.29, 1.82) is 0 Å². The van der Waals surface area contributed by atoms with E-state index in [1.165, 1.54) is 0 Å². The molecule has 0 heterocycles. The number of aryl methyl sites for hydroxylation is 2. The summed E-state index contributed by atoms with van der Waals surface area (Å²) in [5.41, 5.74) is 3.20. The standard InChI is InChI=1S/C13H19NO.Y/c1-5-9(2)13(15)14-12-10(3)7-6-8-11(12)4;/h6-9H,5H2,1-4H3,(H,14,15);. The van der Waals surface area contributed by atoms with Gasteiger partial charge < -0.3 is 5.32 Å². The molecule has 1 aromatic carbocycles. The predicted octanol–water partition coefficient (Wildman–Crippen LogP) is 3.29. The number of benzene rings is 1. The average Bonchev–Trinajstić information content (AvgIpc) is 2.22.